The summed E-state index contributed by atoms with van der Waals surface area (Å²) in [4.78, 5) is 25.4. The van der Waals surface area contributed by atoms with Crippen molar-refractivity contribution in [2.24, 2.45) is 0 Å². The van der Waals surface area contributed by atoms with Gasteiger partial charge in [-0.25, -0.2) is 0 Å². The van der Waals surface area contributed by atoms with Crippen molar-refractivity contribution >= 4 is 17.5 Å². The van der Waals surface area contributed by atoms with Crippen LogP contribution in [0.5, 0.6) is 11.5 Å². The third-order valence-corrected chi connectivity index (χ3v) is 3.55. The molecule has 0 unspecified atom stereocenters. The van der Waals surface area contributed by atoms with E-state index in [-0.39, 0.29) is 18.4 Å². The maximum atomic E-state index is 12.1. The molecule has 0 aliphatic carbocycles. The van der Waals surface area contributed by atoms with Crippen molar-refractivity contribution in [3.63, 3.8) is 0 Å². The molecular weight excluding hydrogens is 346 g/mol. The summed E-state index contributed by atoms with van der Waals surface area (Å²) in [7, 11) is 3.35. The maximum absolute atomic E-state index is 12.1. The van der Waals surface area contributed by atoms with Gasteiger partial charge in [-0.3, -0.25) is 9.59 Å². The molecule has 0 aromatic heterocycles. The van der Waals surface area contributed by atoms with E-state index < -0.39 is 0 Å². The van der Waals surface area contributed by atoms with Gasteiger partial charge in [-0.05, 0) is 43.3 Å². The second kappa shape index (κ2) is 9.25. The molecule has 27 heavy (non-hydrogen) atoms. The Balaban J connectivity index is 1.97. The quantitative estimate of drug-likeness (QED) is 0.812. The third kappa shape index (κ3) is 5.47. The molecule has 0 saturated carbocycles. The predicted molar refractivity (Wildman–Crippen MR) is 101 cm³/mol. The van der Waals surface area contributed by atoms with E-state index in [1.807, 2.05) is 13.0 Å². The lowest BCUT2D eigenvalue weighted by molar-refractivity contribution is -0.118. The zero-order valence-electron chi connectivity index (χ0n) is 15.5. The average molecular weight is 367 g/mol. The van der Waals surface area contributed by atoms with Gasteiger partial charge in [-0.2, -0.15) is 5.26 Å². The first-order chi connectivity index (χ1) is 12.9. The van der Waals surface area contributed by atoms with Gasteiger partial charge in [-0.15, -0.1) is 0 Å². The van der Waals surface area contributed by atoms with Gasteiger partial charge in [-0.1, -0.05) is 0 Å². The molecule has 7 nitrogen and oxygen atoms in total. The minimum absolute atomic E-state index is 0.111. The molecule has 2 aromatic rings. The lowest BCUT2D eigenvalue weighted by Gasteiger charge is -2.13. The van der Waals surface area contributed by atoms with Crippen molar-refractivity contribution in [2.75, 3.05) is 32.6 Å². The molecular formula is C20H21N3O4. The van der Waals surface area contributed by atoms with Crippen LogP contribution < -0.4 is 14.8 Å². The van der Waals surface area contributed by atoms with Gasteiger partial charge in [0, 0.05) is 31.4 Å². The van der Waals surface area contributed by atoms with Gasteiger partial charge in [0.05, 0.1) is 18.2 Å². The molecule has 2 aromatic carbocycles. The molecule has 0 radical (unpaired) electrons. The topological polar surface area (TPSA) is 91.7 Å². The van der Waals surface area contributed by atoms with Crippen LogP contribution in [0.4, 0.5) is 5.69 Å². The Kier molecular flexibility index (Phi) is 6.78. The van der Waals surface area contributed by atoms with Crippen molar-refractivity contribution in [1.82, 2.24) is 4.90 Å². The van der Waals surface area contributed by atoms with E-state index in [9.17, 15) is 9.59 Å². The van der Waals surface area contributed by atoms with E-state index in [0.717, 1.165) is 0 Å². The van der Waals surface area contributed by atoms with Crippen molar-refractivity contribution in [3.05, 3.63) is 53.6 Å². The van der Waals surface area contributed by atoms with E-state index >= 15 is 0 Å². The molecule has 1 N–H and O–H groups in total. The molecule has 0 aliphatic rings. The monoisotopic (exact) mass is 367 g/mol. The Morgan fingerprint density at radius 3 is 2.37 bits per heavy atom. The zero-order valence-corrected chi connectivity index (χ0v) is 15.5. The molecule has 2 rings (SSSR count). The fraction of sp³-hybridized carbons (Fsp3) is 0.250. The van der Waals surface area contributed by atoms with E-state index in [2.05, 4.69) is 5.32 Å². The summed E-state index contributed by atoms with van der Waals surface area (Å²) in [6, 6.07) is 13.4. The number of ether oxygens (including phenoxy) is 2. The standard InChI is InChI=1S/C20H21N3O4/c1-4-26-18-11-14(12-21)5-10-17(18)27-13-19(24)22-16-8-6-15(7-9-16)20(25)23(2)3/h5-11H,4,13H2,1-3H3,(H,22,24). The summed E-state index contributed by atoms with van der Waals surface area (Å²) in [6.07, 6.45) is 0. The Bertz CT molecular complexity index is 855. The first kappa shape index (κ1) is 19.8. The number of hydrogen-bond acceptors (Lipinski definition) is 5. The molecule has 7 heteroatoms. The molecule has 0 bridgehead atoms. The normalized spacial score (nSPS) is 9.85. The number of carbonyl (C=O) groups excluding carboxylic acids is 2. The van der Waals surface area contributed by atoms with Gasteiger partial charge in [0.1, 0.15) is 0 Å². The van der Waals surface area contributed by atoms with Crippen LogP contribution in [0.25, 0.3) is 0 Å². The molecule has 0 atom stereocenters. The fourth-order valence-electron chi connectivity index (χ4n) is 2.26. The summed E-state index contributed by atoms with van der Waals surface area (Å²) in [5.74, 6) is 0.336. The highest BCUT2D eigenvalue weighted by Crippen LogP contribution is 2.28. The van der Waals surface area contributed by atoms with Crippen LogP contribution in [0.3, 0.4) is 0 Å². The smallest absolute Gasteiger partial charge is 0.262 e. The summed E-state index contributed by atoms with van der Waals surface area (Å²) in [5, 5.41) is 11.7. The van der Waals surface area contributed by atoms with Gasteiger partial charge < -0.3 is 19.7 Å². The molecule has 0 heterocycles. The number of nitriles is 1. The van der Waals surface area contributed by atoms with E-state index in [1.165, 1.54) is 4.90 Å². The number of rotatable bonds is 7. The fourth-order valence-corrected chi connectivity index (χ4v) is 2.26. The third-order valence-electron chi connectivity index (χ3n) is 3.55. The SMILES string of the molecule is CCOc1cc(C#N)ccc1OCC(=O)Nc1ccc(C(=O)N(C)C)cc1. The molecule has 140 valence electrons. The number of amides is 2. The lowest BCUT2D eigenvalue weighted by atomic mass is 10.2. The van der Waals surface area contributed by atoms with E-state index in [1.54, 1.807) is 56.6 Å². The number of nitrogens with zero attached hydrogens (tertiary/aromatic N) is 2. The zero-order chi connectivity index (χ0) is 19.8. The molecule has 0 saturated heterocycles. The molecule has 2 amide bonds. The van der Waals surface area contributed by atoms with Gasteiger partial charge in [0.15, 0.2) is 18.1 Å². The molecule has 0 spiro atoms. The summed E-state index contributed by atoms with van der Waals surface area (Å²) < 4.78 is 11.0. The van der Waals surface area contributed by atoms with Crippen LogP contribution in [0.1, 0.15) is 22.8 Å². The van der Waals surface area contributed by atoms with E-state index in [4.69, 9.17) is 14.7 Å². The number of hydrogen-bond donors (Lipinski definition) is 1. The summed E-state index contributed by atoms with van der Waals surface area (Å²) >= 11 is 0. The first-order valence-corrected chi connectivity index (χ1v) is 8.36. The van der Waals surface area contributed by atoms with Gasteiger partial charge >= 0.3 is 0 Å². The largest absolute Gasteiger partial charge is 0.490 e. The number of benzene rings is 2. The van der Waals surface area contributed by atoms with Crippen LogP contribution in [-0.2, 0) is 4.79 Å². The number of nitrogens with one attached hydrogen (secondary N) is 1. The highest BCUT2D eigenvalue weighted by atomic mass is 16.5. The predicted octanol–water partition coefficient (Wildman–Crippen LogP) is 2.68. The summed E-state index contributed by atoms with van der Waals surface area (Å²) in [6.45, 7) is 2.01. The Labute approximate surface area is 158 Å². The lowest BCUT2D eigenvalue weighted by Crippen LogP contribution is -2.22. The molecule has 0 fully saturated rings. The highest BCUT2D eigenvalue weighted by Gasteiger charge is 2.11. The Hall–Kier alpha value is -3.53. The maximum Gasteiger partial charge on any atom is 0.262 e. The van der Waals surface area contributed by atoms with Gasteiger partial charge in [0.25, 0.3) is 11.8 Å². The van der Waals surface area contributed by atoms with Crippen LogP contribution in [0.15, 0.2) is 42.5 Å². The first-order valence-electron chi connectivity index (χ1n) is 8.36. The van der Waals surface area contributed by atoms with Crippen LogP contribution in [0.2, 0.25) is 0 Å². The minimum atomic E-state index is -0.353. The number of anilines is 1. The summed E-state index contributed by atoms with van der Waals surface area (Å²) in [5.41, 5.74) is 1.54. The molecule has 0 aliphatic heterocycles. The van der Waals surface area contributed by atoms with Crippen molar-refractivity contribution in [2.45, 2.75) is 6.92 Å². The second-order valence-corrected chi connectivity index (χ2v) is 5.82. The van der Waals surface area contributed by atoms with Crippen LogP contribution >= 0.6 is 0 Å². The van der Waals surface area contributed by atoms with Crippen molar-refractivity contribution in [3.8, 4) is 17.6 Å². The average Bonchev–Trinajstić information content (AvgIpc) is 2.67. The van der Waals surface area contributed by atoms with Crippen molar-refractivity contribution in [1.29, 1.82) is 5.26 Å². The van der Waals surface area contributed by atoms with Crippen LogP contribution in [-0.4, -0.2) is 44.0 Å². The minimum Gasteiger partial charge on any atom is -0.490 e. The highest BCUT2D eigenvalue weighted by molar-refractivity contribution is 5.95. The number of carbonyl (C=O) groups is 2. The van der Waals surface area contributed by atoms with Crippen LogP contribution in [0, 0.1) is 11.3 Å². The Morgan fingerprint density at radius 2 is 1.78 bits per heavy atom. The second-order valence-electron chi connectivity index (χ2n) is 5.82. The van der Waals surface area contributed by atoms with Gasteiger partial charge in [0.2, 0.25) is 0 Å². The van der Waals surface area contributed by atoms with E-state index in [0.29, 0.717) is 34.9 Å². The Morgan fingerprint density at radius 1 is 1.07 bits per heavy atom. The van der Waals surface area contributed by atoms with Crippen molar-refractivity contribution < 1.29 is 19.1 Å².